The molecule has 0 aliphatic heterocycles. The van der Waals surface area contributed by atoms with E-state index < -0.39 is 77.5 Å². The van der Waals surface area contributed by atoms with Crippen LogP contribution in [0.5, 0.6) is 0 Å². The Balaban J connectivity index is 0. The smallest absolute Gasteiger partial charge is 0.460 e. The molecular weight excluding hydrogens is 691 g/mol. The second-order valence-electron chi connectivity index (χ2n) is 7.31. The number of aliphatic carboxylic acids is 1. The predicted octanol–water partition coefficient (Wildman–Crippen LogP) is 7.58. The molecule has 0 aromatic carbocycles. The first kappa shape index (κ1) is 41.8. The highest BCUT2D eigenvalue weighted by molar-refractivity contribution is 5.62. The first-order chi connectivity index (χ1) is 17.5. The molecule has 0 aliphatic carbocycles. The Morgan fingerprint density at radius 3 is 0.643 bits per heavy atom. The molecule has 0 bridgehead atoms. The Labute approximate surface area is 210 Å². The first-order valence-corrected chi connectivity index (χ1v) is 8.63. The van der Waals surface area contributed by atoms with Crippen LogP contribution in [0.4, 0.5) is 110 Å². The van der Waals surface area contributed by atoms with Crippen molar-refractivity contribution < 1.29 is 125 Å². The van der Waals surface area contributed by atoms with Gasteiger partial charge in [-0.2, -0.15) is 110 Å². The zero-order chi connectivity index (χ0) is 35.6. The molecule has 2 N–H and O–H groups in total. The Morgan fingerprint density at radius 2 is 0.500 bits per heavy atom. The van der Waals surface area contributed by atoms with E-state index in [0.717, 1.165) is 6.92 Å². The van der Waals surface area contributed by atoms with Crippen LogP contribution in [0.2, 0.25) is 0 Å². The van der Waals surface area contributed by atoms with Crippen LogP contribution >= 0.6 is 0 Å². The highest BCUT2D eigenvalue weighted by atomic mass is 19.4. The molecule has 1 atom stereocenters. The molecule has 0 amide bonds. The summed E-state index contributed by atoms with van der Waals surface area (Å²) in [4.78, 5) is 9.00. The summed E-state index contributed by atoms with van der Waals surface area (Å²) in [5.41, 5.74) is 0. The van der Waals surface area contributed by atoms with Gasteiger partial charge in [-0.3, -0.25) is 4.79 Å². The number of rotatable bonds is 9. The van der Waals surface area contributed by atoms with E-state index in [4.69, 9.17) is 15.0 Å². The maximum absolute atomic E-state index is 13.4. The molecule has 0 heterocycles. The minimum Gasteiger partial charge on any atom is -0.481 e. The van der Waals surface area contributed by atoms with Crippen molar-refractivity contribution in [2.24, 2.45) is 0 Å². The van der Waals surface area contributed by atoms with E-state index in [1.807, 2.05) is 0 Å². The molecule has 0 aromatic heterocycles. The summed E-state index contributed by atoms with van der Waals surface area (Å²) in [6.07, 6.45) is -16.1. The number of carbonyl (C=O) groups is 1. The highest BCUT2D eigenvalue weighted by Gasteiger charge is 2.99. The summed E-state index contributed by atoms with van der Waals surface area (Å²) in [6.45, 7) is 1.08. The third-order valence-electron chi connectivity index (χ3n) is 4.30. The Hall–Kier alpha value is -2.32. The van der Waals surface area contributed by atoms with Gasteiger partial charge in [0.05, 0.1) is 0 Å². The van der Waals surface area contributed by atoms with Gasteiger partial charge in [-0.15, -0.1) is 0 Å². The van der Waals surface area contributed by atoms with E-state index in [2.05, 4.69) is 0 Å². The molecule has 254 valence electrons. The topological polar surface area (TPSA) is 57.5 Å². The summed E-state index contributed by atoms with van der Waals surface area (Å²) in [7, 11) is 0. The van der Waals surface area contributed by atoms with Crippen LogP contribution < -0.4 is 0 Å². The van der Waals surface area contributed by atoms with Gasteiger partial charge in [0.1, 0.15) is 0 Å². The van der Waals surface area contributed by atoms with E-state index >= 15 is 0 Å². The fourth-order valence-corrected chi connectivity index (χ4v) is 1.94. The van der Waals surface area contributed by atoms with Gasteiger partial charge in [0.2, 0.25) is 0 Å². The van der Waals surface area contributed by atoms with E-state index in [0.29, 0.717) is 0 Å². The van der Waals surface area contributed by atoms with E-state index in [9.17, 15) is 110 Å². The van der Waals surface area contributed by atoms with Gasteiger partial charge < -0.3 is 10.2 Å². The summed E-state index contributed by atoms with van der Waals surface area (Å²) in [5.74, 6) is -92.5. The second kappa shape index (κ2) is 10.4. The Kier molecular flexibility index (Phi) is 10.4. The van der Waals surface area contributed by atoms with Crippen LogP contribution in [0.3, 0.4) is 0 Å². The zero-order valence-corrected chi connectivity index (χ0v) is 18.3. The molecule has 42 heavy (non-hydrogen) atoms. The van der Waals surface area contributed by atoms with E-state index in [1.54, 1.807) is 0 Å². The maximum Gasteiger partial charge on any atom is 0.460 e. The number of halogens is 25. The van der Waals surface area contributed by atoms with Gasteiger partial charge in [0, 0.05) is 6.92 Å². The molecule has 0 spiro atoms. The lowest BCUT2D eigenvalue weighted by Crippen LogP contribution is -2.78. The van der Waals surface area contributed by atoms with Crippen molar-refractivity contribution in [3.05, 3.63) is 0 Å². The van der Waals surface area contributed by atoms with Crippen molar-refractivity contribution >= 4 is 5.97 Å². The predicted molar refractivity (Wildman–Crippen MR) is 76.0 cm³/mol. The van der Waals surface area contributed by atoms with Gasteiger partial charge in [-0.25, -0.2) is 0 Å². The summed E-state index contributed by atoms with van der Waals surface area (Å²) >= 11 is 0. The largest absolute Gasteiger partial charge is 0.481 e. The molecule has 0 aliphatic rings. The van der Waals surface area contributed by atoms with Crippen LogP contribution in [0.25, 0.3) is 0 Å². The molecule has 0 radical (unpaired) electrons. The van der Waals surface area contributed by atoms with Gasteiger partial charge in [0.15, 0.2) is 0 Å². The highest BCUT2D eigenvalue weighted by Crippen LogP contribution is 2.67. The van der Waals surface area contributed by atoms with Crippen LogP contribution in [-0.2, 0) is 4.79 Å². The number of hydrogen-bond donors (Lipinski definition) is 2. The normalized spacial score (nSPS) is 17.3. The number of hydrogen-bond acceptors (Lipinski definition) is 2. The van der Waals surface area contributed by atoms with Crippen molar-refractivity contribution in [1.29, 1.82) is 0 Å². The van der Waals surface area contributed by atoms with Gasteiger partial charge >= 0.3 is 71.5 Å². The fourth-order valence-electron chi connectivity index (χ4n) is 1.94. The van der Waals surface area contributed by atoms with Crippen molar-refractivity contribution in [2.75, 3.05) is 0 Å². The average Bonchev–Trinajstić information content (AvgIpc) is 2.70. The quantitative estimate of drug-likeness (QED) is 0.245. The maximum atomic E-state index is 13.4. The third-order valence-corrected chi connectivity index (χ3v) is 4.30. The summed E-state index contributed by atoms with van der Waals surface area (Å²) in [6, 6.07) is 0. The number of aliphatic hydroxyl groups is 1. The molecule has 3 nitrogen and oxygen atoms in total. The van der Waals surface area contributed by atoms with Gasteiger partial charge in [0.25, 0.3) is 5.97 Å². The summed E-state index contributed by atoms with van der Waals surface area (Å²) in [5, 5.41) is 15.2. The molecule has 28 heteroatoms. The average molecular weight is 696 g/mol. The number of carboxylic acid groups (broad SMARTS) is 1. The molecule has 0 fully saturated rings. The first-order valence-electron chi connectivity index (χ1n) is 8.63. The van der Waals surface area contributed by atoms with Crippen molar-refractivity contribution in [2.45, 2.75) is 78.4 Å². The minimum absolute atomic E-state index is 0.833. The molecule has 0 saturated heterocycles. The minimum atomic E-state index is -9.61. The van der Waals surface area contributed by atoms with E-state index in [1.165, 1.54) is 0 Å². The van der Waals surface area contributed by atoms with Crippen LogP contribution in [-0.4, -0.2) is 87.7 Å². The lowest BCUT2D eigenvalue weighted by molar-refractivity contribution is -0.490. The monoisotopic (exact) mass is 696 g/mol. The molecule has 0 aromatic rings. The SMILES string of the molecule is CC(=O)O.OC(F)(C(F)(F)F)C(F)(F)C(F)(F)C(F)(F)C(F)(F)C(F)(F)C(F)(F)C(F)(F)C(F)(F)C(F)(F)C(F)(F)F. The van der Waals surface area contributed by atoms with Crippen LogP contribution in [0.15, 0.2) is 0 Å². The van der Waals surface area contributed by atoms with Crippen LogP contribution in [0.1, 0.15) is 6.92 Å². The lowest BCUT2D eigenvalue weighted by Gasteiger charge is -2.45. The van der Waals surface area contributed by atoms with E-state index in [-0.39, 0.29) is 0 Å². The standard InChI is InChI=1S/C12HF25O.C2H4O2/c13-1(14,3(17,18)5(21,22)7(25,26)9(29,30)11(32,33)34)2(15,16)4(19,20)6(23,24)8(27,28)10(31,38)12(35,36)37;1-2(3)4/h38H;1H3,(H,3,4). The lowest BCUT2D eigenvalue weighted by atomic mass is 9.85. The molecular formula is C14H5F25O3. The zero-order valence-electron chi connectivity index (χ0n) is 18.3. The second-order valence-corrected chi connectivity index (χ2v) is 7.31. The Bertz CT molecular complexity index is 894. The molecule has 1 unspecified atom stereocenters. The van der Waals surface area contributed by atoms with Crippen molar-refractivity contribution in [3.8, 4) is 0 Å². The fraction of sp³-hybridized carbons (Fsp3) is 0.929. The van der Waals surface area contributed by atoms with Gasteiger partial charge in [-0.1, -0.05) is 0 Å². The molecule has 0 rings (SSSR count). The Morgan fingerprint density at radius 1 is 0.357 bits per heavy atom. The number of carboxylic acids is 1. The van der Waals surface area contributed by atoms with Crippen molar-refractivity contribution in [1.82, 2.24) is 0 Å². The summed E-state index contributed by atoms with van der Waals surface area (Å²) < 4.78 is 321. The molecule has 0 saturated carbocycles. The third kappa shape index (κ3) is 5.42. The van der Waals surface area contributed by atoms with Gasteiger partial charge in [-0.05, 0) is 0 Å². The van der Waals surface area contributed by atoms with Crippen LogP contribution in [0, 0.1) is 0 Å². The van der Waals surface area contributed by atoms with Crippen molar-refractivity contribution in [3.63, 3.8) is 0 Å². The number of alkyl halides is 25.